The summed E-state index contributed by atoms with van der Waals surface area (Å²) in [6, 6.07) is 32.9. The van der Waals surface area contributed by atoms with Gasteiger partial charge in [0.2, 0.25) is 0 Å². The normalized spacial score (nSPS) is 16.7. The number of hydrogen-bond donors (Lipinski definition) is 0. The predicted molar refractivity (Wildman–Crippen MR) is 122 cm³/mol. The highest BCUT2D eigenvalue weighted by Gasteiger charge is 2.42. The second-order valence-corrected chi connectivity index (χ2v) is 9.69. The Morgan fingerprint density at radius 2 is 1.11 bits per heavy atom. The Balaban J connectivity index is 1.75. The smallest absolute Gasteiger partial charge is 0.0201 e. The minimum atomic E-state index is -0.577. The van der Waals surface area contributed by atoms with E-state index in [1.807, 2.05) is 0 Å². The third-order valence-corrected chi connectivity index (χ3v) is 7.77. The molecule has 0 bridgehead atoms. The van der Waals surface area contributed by atoms with Crippen molar-refractivity contribution in [3.63, 3.8) is 0 Å². The standard InChI is InChI=1S/C27H26P/c1-21(2)27(22-13-6-3-7-14-22)25-19-12-20-26(25)28(23-15-8-4-9-16-23)24-17-10-5-11-18-24/h3-21,27H,1-2H3/t27-/m0/s1. The second-order valence-electron chi connectivity index (χ2n) is 7.51. The Kier molecular flexibility index (Phi) is 6.28. The average Bonchev–Trinajstić information content (AvgIpc) is 3.19. The lowest BCUT2D eigenvalue weighted by Gasteiger charge is -2.35. The third kappa shape index (κ3) is 4.08. The van der Waals surface area contributed by atoms with Gasteiger partial charge in [-0.15, -0.1) is 0 Å². The highest BCUT2D eigenvalue weighted by atomic mass is 31.1. The first-order chi connectivity index (χ1) is 13.8. The van der Waals surface area contributed by atoms with Gasteiger partial charge in [-0.3, -0.25) is 0 Å². The minimum Gasteiger partial charge on any atom is -0.0622 e. The van der Waals surface area contributed by atoms with Gasteiger partial charge in [0, 0.05) is 5.66 Å². The van der Waals surface area contributed by atoms with Gasteiger partial charge in [0.05, 0.1) is 0 Å². The van der Waals surface area contributed by atoms with Crippen molar-refractivity contribution in [2.45, 2.75) is 19.8 Å². The first-order valence-corrected chi connectivity index (χ1v) is 11.3. The van der Waals surface area contributed by atoms with Crippen LogP contribution < -0.4 is 10.6 Å². The molecule has 4 rings (SSSR count). The lowest BCUT2D eigenvalue weighted by molar-refractivity contribution is 0.526. The molecule has 1 atom stereocenters. The third-order valence-electron chi connectivity index (χ3n) is 5.26. The molecule has 1 heteroatoms. The average molecular weight is 381 g/mol. The molecule has 1 aliphatic carbocycles. The van der Waals surface area contributed by atoms with Gasteiger partial charge < -0.3 is 0 Å². The molecule has 28 heavy (non-hydrogen) atoms. The molecule has 0 N–H and O–H groups in total. The zero-order valence-electron chi connectivity index (χ0n) is 16.5. The number of hydrogen-bond acceptors (Lipinski definition) is 0. The van der Waals surface area contributed by atoms with E-state index in [4.69, 9.17) is 0 Å². The molecule has 0 unspecified atom stereocenters. The summed E-state index contributed by atoms with van der Waals surface area (Å²) < 4.78 is 0. The van der Waals surface area contributed by atoms with Crippen molar-refractivity contribution in [2.75, 3.05) is 0 Å². The van der Waals surface area contributed by atoms with Crippen LogP contribution in [-0.2, 0) is 0 Å². The van der Waals surface area contributed by atoms with Crippen molar-refractivity contribution in [1.29, 1.82) is 0 Å². The monoisotopic (exact) mass is 381 g/mol. The molecule has 0 nitrogen and oxygen atoms in total. The summed E-state index contributed by atoms with van der Waals surface area (Å²) in [7, 11) is -0.577. The zero-order valence-corrected chi connectivity index (χ0v) is 17.4. The van der Waals surface area contributed by atoms with E-state index in [1.54, 1.807) is 0 Å². The van der Waals surface area contributed by atoms with Gasteiger partial charge in [-0.1, -0.05) is 105 Å². The SMILES string of the molecule is CC(C)[C@H]([C]1[CH][CH][CH][C]1P(c1ccccc1)c1ccccc1)c1ccccc1. The molecule has 1 fully saturated rings. The van der Waals surface area contributed by atoms with Gasteiger partial charge in [-0.2, -0.15) is 0 Å². The van der Waals surface area contributed by atoms with Crippen LogP contribution in [0.1, 0.15) is 25.3 Å². The van der Waals surface area contributed by atoms with Crippen LogP contribution in [0.4, 0.5) is 0 Å². The highest BCUT2D eigenvalue weighted by Crippen LogP contribution is 2.60. The maximum absolute atomic E-state index is 2.35. The molecule has 139 valence electrons. The van der Waals surface area contributed by atoms with Crippen LogP contribution in [0, 0.1) is 36.8 Å². The minimum absolute atomic E-state index is 0.406. The molecule has 5 radical (unpaired) electrons. The maximum Gasteiger partial charge on any atom is 0.0201 e. The van der Waals surface area contributed by atoms with Crippen molar-refractivity contribution >= 4 is 18.5 Å². The summed E-state index contributed by atoms with van der Waals surface area (Å²) in [5, 5.41) is 2.82. The van der Waals surface area contributed by atoms with Gasteiger partial charge in [-0.25, -0.2) is 0 Å². The lowest BCUT2D eigenvalue weighted by Crippen LogP contribution is -2.24. The quantitative estimate of drug-likeness (QED) is 0.440. The number of rotatable bonds is 6. The van der Waals surface area contributed by atoms with Crippen molar-refractivity contribution in [3.8, 4) is 0 Å². The molecule has 0 aromatic heterocycles. The summed E-state index contributed by atoms with van der Waals surface area (Å²) in [5.74, 6) is 2.41. The van der Waals surface area contributed by atoms with Gasteiger partial charge >= 0.3 is 0 Å². The van der Waals surface area contributed by atoms with Crippen LogP contribution in [0.15, 0.2) is 91.0 Å². The molecule has 0 amide bonds. The van der Waals surface area contributed by atoms with E-state index in [0.717, 1.165) is 0 Å². The van der Waals surface area contributed by atoms with Crippen LogP contribution in [0.25, 0.3) is 0 Å². The summed E-state index contributed by atoms with van der Waals surface area (Å²) in [6.07, 6.45) is 6.93. The first-order valence-electron chi connectivity index (χ1n) is 9.96. The Morgan fingerprint density at radius 3 is 1.61 bits per heavy atom. The second kappa shape index (κ2) is 9.06. The molecule has 3 aromatic carbocycles. The van der Waals surface area contributed by atoms with Gasteiger partial charge in [0.15, 0.2) is 0 Å². The van der Waals surface area contributed by atoms with E-state index in [9.17, 15) is 0 Å². The molecule has 0 saturated heterocycles. The zero-order chi connectivity index (χ0) is 19.3. The lowest BCUT2D eigenvalue weighted by atomic mass is 9.77. The maximum atomic E-state index is 2.35. The van der Waals surface area contributed by atoms with Crippen LogP contribution >= 0.6 is 7.92 Å². The predicted octanol–water partition coefficient (Wildman–Crippen LogP) is 6.29. The Bertz CT molecular complexity index is 802. The molecule has 0 spiro atoms. The Hall–Kier alpha value is -1.91. The Morgan fingerprint density at radius 1 is 0.607 bits per heavy atom. The van der Waals surface area contributed by atoms with E-state index in [1.165, 1.54) is 27.7 Å². The first kappa shape index (κ1) is 19.4. The topological polar surface area (TPSA) is 0 Å². The summed E-state index contributed by atoms with van der Waals surface area (Å²) in [5.41, 5.74) is 2.89. The van der Waals surface area contributed by atoms with Crippen LogP contribution in [0.3, 0.4) is 0 Å². The molecule has 1 saturated carbocycles. The van der Waals surface area contributed by atoms with Crippen molar-refractivity contribution < 1.29 is 0 Å². The molecule has 3 aromatic rings. The molecule has 1 aliphatic rings. The summed E-state index contributed by atoms with van der Waals surface area (Å²) in [6.45, 7) is 4.67. The largest absolute Gasteiger partial charge is 0.0622 e. The van der Waals surface area contributed by atoms with Crippen molar-refractivity contribution in [1.82, 2.24) is 0 Å². The highest BCUT2D eigenvalue weighted by molar-refractivity contribution is 7.76. The summed E-state index contributed by atoms with van der Waals surface area (Å²) in [4.78, 5) is 0. The molecular formula is C27H26P. The van der Waals surface area contributed by atoms with Crippen LogP contribution in [-0.4, -0.2) is 0 Å². The fraction of sp³-hybridized carbons (Fsp3) is 0.148. The molecule has 0 aliphatic heterocycles. The van der Waals surface area contributed by atoms with Crippen molar-refractivity contribution in [2.24, 2.45) is 5.92 Å². The van der Waals surface area contributed by atoms with Gasteiger partial charge in [0.1, 0.15) is 0 Å². The van der Waals surface area contributed by atoms with Gasteiger partial charge in [-0.05, 0) is 61.1 Å². The molecule has 0 heterocycles. The van der Waals surface area contributed by atoms with E-state index >= 15 is 0 Å². The van der Waals surface area contributed by atoms with E-state index in [-0.39, 0.29) is 0 Å². The van der Waals surface area contributed by atoms with Crippen LogP contribution in [0.5, 0.6) is 0 Å². The Labute approximate surface area is 171 Å². The molecular weight excluding hydrogens is 355 g/mol. The van der Waals surface area contributed by atoms with Crippen molar-refractivity contribution in [3.05, 3.63) is 127 Å². The van der Waals surface area contributed by atoms with E-state index in [2.05, 4.69) is 124 Å². The fourth-order valence-electron chi connectivity index (χ4n) is 4.06. The summed E-state index contributed by atoms with van der Waals surface area (Å²) >= 11 is 0. The van der Waals surface area contributed by atoms with Gasteiger partial charge in [0.25, 0.3) is 0 Å². The number of benzene rings is 3. The fourth-order valence-corrected chi connectivity index (χ4v) is 6.56. The van der Waals surface area contributed by atoms with E-state index < -0.39 is 7.92 Å². The van der Waals surface area contributed by atoms with E-state index in [0.29, 0.717) is 11.8 Å². The van der Waals surface area contributed by atoms with Crippen LogP contribution in [0.2, 0.25) is 0 Å².